The minimum absolute atomic E-state index is 0.0922. The van der Waals surface area contributed by atoms with Gasteiger partial charge in [-0.1, -0.05) is 12.1 Å². The summed E-state index contributed by atoms with van der Waals surface area (Å²) in [5, 5.41) is 2.99. The SMILES string of the molecule is CC(C)OC(=O)CN[C@H](C)c1cccc(F)c1. The van der Waals surface area contributed by atoms with Crippen LogP contribution in [0, 0.1) is 5.82 Å². The van der Waals surface area contributed by atoms with Crippen LogP contribution < -0.4 is 5.32 Å². The van der Waals surface area contributed by atoms with E-state index >= 15 is 0 Å². The van der Waals surface area contributed by atoms with Gasteiger partial charge in [-0.2, -0.15) is 0 Å². The van der Waals surface area contributed by atoms with Crippen molar-refractivity contribution in [1.29, 1.82) is 0 Å². The third-order valence-corrected chi connectivity index (χ3v) is 2.27. The Labute approximate surface area is 101 Å². The van der Waals surface area contributed by atoms with Gasteiger partial charge < -0.3 is 10.1 Å². The quantitative estimate of drug-likeness (QED) is 0.802. The molecule has 1 aromatic rings. The Balaban J connectivity index is 2.44. The van der Waals surface area contributed by atoms with Crippen molar-refractivity contribution < 1.29 is 13.9 Å². The Morgan fingerprint density at radius 1 is 1.41 bits per heavy atom. The molecule has 0 bridgehead atoms. The Bertz CT molecular complexity index is 379. The van der Waals surface area contributed by atoms with Gasteiger partial charge in [0.1, 0.15) is 5.82 Å². The Hall–Kier alpha value is -1.42. The summed E-state index contributed by atoms with van der Waals surface area (Å²) in [7, 11) is 0. The van der Waals surface area contributed by atoms with Crippen LogP contribution in [0.15, 0.2) is 24.3 Å². The number of rotatable bonds is 5. The van der Waals surface area contributed by atoms with Crippen molar-refractivity contribution in [3.63, 3.8) is 0 Å². The topological polar surface area (TPSA) is 38.3 Å². The first kappa shape index (κ1) is 13.6. The first-order valence-electron chi connectivity index (χ1n) is 5.67. The molecule has 17 heavy (non-hydrogen) atoms. The van der Waals surface area contributed by atoms with Crippen LogP contribution in [-0.4, -0.2) is 18.6 Å². The second-order valence-corrected chi connectivity index (χ2v) is 4.20. The molecule has 0 aliphatic heterocycles. The Morgan fingerprint density at radius 2 is 2.12 bits per heavy atom. The molecule has 94 valence electrons. The fourth-order valence-electron chi connectivity index (χ4n) is 1.43. The number of nitrogens with one attached hydrogen (secondary N) is 1. The van der Waals surface area contributed by atoms with Gasteiger partial charge >= 0.3 is 5.97 Å². The lowest BCUT2D eigenvalue weighted by Crippen LogP contribution is -2.28. The molecule has 0 saturated carbocycles. The molecule has 0 fully saturated rings. The zero-order chi connectivity index (χ0) is 12.8. The van der Waals surface area contributed by atoms with E-state index in [1.54, 1.807) is 19.9 Å². The summed E-state index contributed by atoms with van der Waals surface area (Å²) in [5.74, 6) is -0.579. The van der Waals surface area contributed by atoms with E-state index in [1.807, 2.05) is 13.0 Å². The van der Waals surface area contributed by atoms with Gasteiger partial charge in [0, 0.05) is 6.04 Å². The molecule has 0 aromatic heterocycles. The van der Waals surface area contributed by atoms with Crippen LogP contribution in [0.2, 0.25) is 0 Å². The molecule has 0 spiro atoms. The fourth-order valence-corrected chi connectivity index (χ4v) is 1.43. The average molecular weight is 239 g/mol. The molecule has 1 aromatic carbocycles. The minimum Gasteiger partial charge on any atom is -0.462 e. The van der Waals surface area contributed by atoms with Crippen LogP contribution in [0.3, 0.4) is 0 Å². The van der Waals surface area contributed by atoms with Gasteiger partial charge in [-0.25, -0.2) is 4.39 Å². The van der Waals surface area contributed by atoms with E-state index in [9.17, 15) is 9.18 Å². The first-order valence-corrected chi connectivity index (χ1v) is 5.67. The largest absolute Gasteiger partial charge is 0.462 e. The molecule has 1 rings (SSSR count). The van der Waals surface area contributed by atoms with Gasteiger partial charge in [-0.15, -0.1) is 0 Å². The molecule has 4 heteroatoms. The van der Waals surface area contributed by atoms with E-state index in [2.05, 4.69) is 5.32 Å². The van der Waals surface area contributed by atoms with Gasteiger partial charge in [0.2, 0.25) is 0 Å². The smallest absolute Gasteiger partial charge is 0.320 e. The van der Waals surface area contributed by atoms with Gasteiger partial charge in [0.15, 0.2) is 0 Å². The lowest BCUT2D eigenvalue weighted by Gasteiger charge is -2.14. The molecule has 0 aliphatic carbocycles. The molecule has 0 aliphatic rings. The van der Waals surface area contributed by atoms with E-state index in [0.29, 0.717) is 0 Å². The van der Waals surface area contributed by atoms with Crippen LogP contribution >= 0.6 is 0 Å². The predicted molar refractivity (Wildman–Crippen MR) is 64.0 cm³/mol. The number of carbonyl (C=O) groups is 1. The van der Waals surface area contributed by atoms with E-state index in [0.717, 1.165) is 5.56 Å². The number of benzene rings is 1. The molecular formula is C13H18FNO2. The van der Waals surface area contributed by atoms with Crippen LogP contribution in [0.1, 0.15) is 32.4 Å². The summed E-state index contributed by atoms with van der Waals surface area (Å²) >= 11 is 0. The van der Waals surface area contributed by atoms with Crippen LogP contribution in [0.25, 0.3) is 0 Å². The zero-order valence-electron chi connectivity index (χ0n) is 10.4. The summed E-state index contributed by atoms with van der Waals surface area (Å²) < 4.78 is 18.0. The highest BCUT2D eigenvalue weighted by molar-refractivity contribution is 5.71. The van der Waals surface area contributed by atoms with Gasteiger partial charge in [-0.3, -0.25) is 4.79 Å². The summed E-state index contributed by atoms with van der Waals surface area (Å²) in [6.45, 7) is 5.59. The average Bonchev–Trinajstić information content (AvgIpc) is 2.25. The maximum atomic E-state index is 13.0. The molecule has 0 radical (unpaired) electrons. The Kier molecular flexibility index (Phi) is 5.10. The molecule has 0 saturated heterocycles. The third-order valence-electron chi connectivity index (χ3n) is 2.27. The molecular weight excluding hydrogens is 221 g/mol. The molecule has 0 heterocycles. The first-order chi connectivity index (χ1) is 7.99. The van der Waals surface area contributed by atoms with Crippen LogP contribution in [-0.2, 0) is 9.53 Å². The number of esters is 1. The lowest BCUT2D eigenvalue weighted by molar-refractivity contribution is -0.146. The number of halogens is 1. The minimum atomic E-state index is -0.303. The summed E-state index contributed by atoms with van der Waals surface area (Å²) in [5.41, 5.74) is 0.808. The molecule has 0 unspecified atom stereocenters. The Morgan fingerprint density at radius 3 is 2.71 bits per heavy atom. The summed E-state index contributed by atoms with van der Waals surface area (Å²) in [6, 6.07) is 6.21. The highest BCUT2D eigenvalue weighted by Crippen LogP contribution is 2.12. The maximum absolute atomic E-state index is 13.0. The van der Waals surface area contributed by atoms with Crippen LogP contribution in [0.5, 0.6) is 0 Å². The van der Waals surface area contributed by atoms with Gasteiger partial charge in [-0.05, 0) is 38.5 Å². The molecule has 0 amide bonds. The van der Waals surface area contributed by atoms with Crippen molar-refractivity contribution in [3.8, 4) is 0 Å². The van der Waals surface area contributed by atoms with Crippen molar-refractivity contribution in [1.82, 2.24) is 5.32 Å². The predicted octanol–water partition coefficient (Wildman–Crippen LogP) is 2.43. The van der Waals surface area contributed by atoms with Crippen molar-refractivity contribution in [2.45, 2.75) is 32.9 Å². The third kappa shape index (κ3) is 4.95. The molecule has 1 atom stereocenters. The van der Waals surface area contributed by atoms with Gasteiger partial charge in [0.25, 0.3) is 0 Å². The molecule has 1 N–H and O–H groups in total. The molecule has 3 nitrogen and oxygen atoms in total. The maximum Gasteiger partial charge on any atom is 0.320 e. The number of hydrogen-bond donors (Lipinski definition) is 1. The van der Waals surface area contributed by atoms with Crippen LogP contribution in [0.4, 0.5) is 4.39 Å². The number of carbonyl (C=O) groups excluding carboxylic acids is 1. The number of hydrogen-bond acceptors (Lipinski definition) is 3. The van der Waals surface area contributed by atoms with E-state index in [1.165, 1.54) is 12.1 Å². The highest BCUT2D eigenvalue weighted by atomic mass is 19.1. The standard InChI is InChI=1S/C13H18FNO2/c1-9(2)17-13(16)8-15-10(3)11-5-4-6-12(14)7-11/h4-7,9-10,15H,8H2,1-3H3/t10-/m1/s1. The summed E-state index contributed by atoms with van der Waals surface area (Å²) in [6.07, 6.45) is -0.117. The monoisotopic (exact) mass is 239 g/mol. The van der Waals surface area contributed by atoms with Crippen molar-refractivity contribution in [2.75, 3.05) is 6.54 Å². The zero-order valence-corrected chi connectivity index (χ0v) is 10.4. The van der Waals surface area contributed by atoms with E-state index in [-0.39, 0.29) is 30.5 Å². The second-order valence-electron chi connectivity index (χ2n) is 4.20. The lowest BCUT2D eigenvalue weighted by atomic mass is 10.1. The summed E-state index contributed by atoms with van der Waals surface area (Å²) in [4.78, 5) is 11.3. The number of ether oxygens (including phenoxy) is 1. The van der Waals surface area contributed by atoms with E-state index < -0.39 is 0 Å². The van der Waals surface area contributed by atoms with Crippen molar-refractivity contribution in [3.05, 3.63) is 35.6 Å². The highest BCUT2D eigenvalue weighted by Gasteiger charge is 2.09. The normalized spacial score (nSPS) is 12.5. The van der Waals surface area contributed by atoms with E-state index in [4.69, 9.17) is 4.74 Å². The van der Waals surface area contributed by atoms with Crippen molar-refractivity contribution >= 4 is 5.97 Å². The van der Waals surface area contributed by atoms with Crippen molar-refractivity contribution in [2.24, 2.45) is 0 Å². The fraction of sp³-hybridized carbons (Fsp3) is 0.462. The van der Waals surface area contributed by atoms with Gasteiger partial charge in [0.05, 0.1) is 12.6 Å². The second kappa shape index (κ2) is 6.35.